The fourth-order valence-corrected chi connectivity index (χ4v) is 12.5. The lowest BCUT2D eigenvalue weighted by Crippen LogP contribution is -3.04. The number of phenols is 1. The van der Waals surface area contributed by atoms with E-state index in [2.05, 4.69) is 34.7 Å². The quantitative estimate of drug-likeness (QED) is 0.105. The molecule has 6 aliphatic heterocycles. The first kappa shape index (κ1) is 40.2. The number of pyridine rings is 2. The molecule has 318 valence electrons. The van der Waals surface area contributed by atoms with Gasteiger partial charge in [-0.05, 0) is 95.3 Å². The molecule has 2 fully saturated rings. The molecule has 0 saturated carbocycles. The number of aromatic hydroxyl groups is 1. The fraction of sp³-hybridized carbons (Fsp3) is 0.444. The molecule has 3 aromatic heterocycles. The van der Waals surface area contributed by atoms with Gasteiger partial charge in [0.25, 0.3) is 0 Å². The van der Waals surface area contributed by atoms with Gasteiger partial charge < -0.3 is 40.5 Å². The van der Waals surface area contributed by atoms with Crippen LogP contribution in [0.4, 0.5) is 11.6 Å². The first-order chi connectivity index (χ1) is 29.4. The van der Waals surface area contributed by atoms with Gasteiger partial charge >= 0.3 is 5.97 Å². The number of phenolic OH excluding ortho intramolecular Hbond substituents is 1. The van der Waals surface area contributed by atoms with Crippen molar-refractivity contribution in [2.45, 2.75) is 94.0 Å². The molecule has 1 spiro atoms. The standard InChI is InChI=1S/C45H49N7O7S2/c1-23-12-33(53)39-34(56-23)17-35-38(40(39)54)29-13-25(18-48-3)6-8-45-36(59-45)5-4-24-14-31(51-37(46)15-24)28-16-27(20-52-19-26-7-10-49-32(26)21-52)50-42(47)30(28)22-61-60-11-9-44(2,58-35)41(29)57-43(45)55/h7,10,12,14-17,21,25,29,36,41,48,54H,4-6,8-9,11,13,18-20,22H2,1-3H3,(H2,46,51)(H2,47,50)/p+1/t25-,29+,36-,41-,44+,45+/m1/s1. The number of nitrogens with two attached hydrogens (primary N) is 2. The maximum atomic E-state index is 14.7. The molecular weight excluding hydrogens is 815 g/mol. The number of aryl methyl sites for hydroxylation is 2. The summed E-state index contributed by atoms with van der Waals surface area (Å²) in [5.41, 5.74) is 18.2. The number of rotatable bonds is 4. The molecule has 7 atom stereocenters. The molecule has 0 aliphatic carbocycles. The van der Waals surface area contributed by atoms with E-state index in [0.717, 1.165) is 40.3 Å². The van der Waals surface area contributed by atoms with Crippen molar-refractivity contribution in [3.63, 3.8) is 0 Å². The second-order valence-electron chi connectivity index (χ2n) is 17.5. The lowest BCUT2D eigenvalue weighted by Gasteiger charge is -2.46. The third-order valence-electron chi connectivity index (χ3n) is 13.2. The van der Waals surface area contributed by atoms with Crippen molar-refractivity contribution in [2.75, 3.05) is 37.4 Å². The number of ether oxygens (including phenoxy) is 3. The summed E-state index contributed by atoms with van der Waals surface area (Å²) in [6.45, 7) is 5.83. The number of aromatic nitrogens is 2. The maximum absolute atomic E-state index is 14.7. The molecule has 6 aliphatic rings. The number of carbonyl (C=O) groups excluding carboxylic acids is 1. The lowest BCUT2D eigenvalue weighted by atomic mass is 9.74. The van der Waals surface area contributed by atoms with Gasteiger partial charge in [-0.15, -0.1) is 0 Å². The number of allylic oxidation sites excluding steroid dienone is 1. The molecule has 1 aromatic carbocycles. The van der Waals surface area contributed by atoms with Crippen LogP contribution in [0.1, 0.15) is 73.1 Å². The Kier molecular flexibility index (Phi) is 10.2. The first-order valence-electron chi connectivity index (χ1n) is 21.0. The van der Waals surface area contributed by atoms with Crippen molar-refractivity contribution in [3.8, 4) is 22.8 Å². The monoisotopic (exact) mass is 864 g/mol. The summed E-state index contributed by atoms with van der Waals surface area (Å²) in [4.78, 5) is 43.5. The molecule has 2 saturated heterocycles. The van der Waals surface area contributed by atoms with E-state index in [-0.39, 0.29) is 34.2 Å². The number of fused-ring (bicyclic) bond motifs is 9. The van der Waals surface area contributed by atoms with Crippen molar-refractivity contribution < 1.29 is 33.4 Å². The summed E-state index contributed by atoms with van der Waals surface area (Å²) in [5.74, 6) is 1.88. The molecule has 9 heterocycles. The van der Waals surface area contributed by atoms with Crippen LogP contribution in [0.2, 0.25) is 0 Å². The number of epoxide rings is 1. The summed E-state index contributed by atoms with van der Waals surface area (Å²) >= 11 is 0. The van der Waals surface area contributed by atoms with Crippen molar-refractivity contribution in [3.05, 3.63) is 92.2 Å². The fourth-order valence-electron chi connectivity index (χ4n) is 10.2. The minimum absolute atomic E-state index is 0.0893. The van der Waals surface area contributed by atoms with Crippen LogP contribution in [0, 0.1) is 12.8 Å². The summed E-state index contributed by atoms with van der Waals surface area (Å²) < 4.78 is 26.0. The van der Waals surface area contributed by atoms with Gasteiger partial charge in [-0.25, -0.2) is 14.8 Å². The number of anilines is 2. The van der Waals surface area contributed by atoms with Gasteiger partial charge in [0.2, 0.25) is 0 Å². The minimum atomic E-state index is -1.13. The van der Waals surface area contributed by atoms with Crippen LogP contribution < -0.4 is 31.8 Å². The number of carbonyl (C=O) groups is 1. The zero-order valence-electron chi connectivity index (χ0n) is 34.4. The third-order valence-corrected chi connectivity index (χ3v) is 15.5. The highest BCUT2D eigenvalue weighted by molar-refractivity contribution is 8.76. The Labute approximate surface area is 361 Å². The Bertz CT molecular complexity index is 2630. The van der Waals surface area contributed by atoms with E-state index in [9.17, 15) is 14.7 Å². The molecule has 10 rings (SSSR count). The first-order valence-corrected chi connectivity index (χ1v) is 23.5. The average Bonchev–Trinajstić information content (AvgIpc) is 3.50. The predicted octanol–water partition coefficient (Wildman–Crippen LogP) is 4.90. The molecule has 0 radical (unpaired) electrons. The van der Waals surface area contributed by atoms with Crippen LogP contribution in [-0.2, 0) is 33.0 Å². The van der Waals surface area contributed by atoms with Crippen LogP contribution in [0.15, 0.2) is 68.1 Å². The molecule has 16 heteroatoms. The second-order valence-corrected chi connectivity index (χ2v) is 20.0. The van der Waals surface area contributed by atoms with Crippen LogP contribution in [0.25, 0.3) is 22.2 Å². The van der Waals surface area contributed by atoms with E-state index in [1.165, 1.54) is 16.5 Å². The van der Waals surface area contributed by atoms with E-state index < -0.39 is 29.2 Å². The highest BCUT2D eigenvalue weighted by Gasteiger charge is 2.65. The van der Waals surface area contributed by atoms with Crippen molar-refractivity contribution in [1.82, 2.24) is 15.3 Å². The number of esters is 1. The molecule has 1 unspecified atom stereocenters. The smallest absolute Gasteiger partial charge is 0.341 e. The van der Waals surface area contributed by atoms with Crippen molar-refractivity contribution in [1.29, 1.82) is 0 Å². The highest BCUT2D eigenvalue weighted by atomic mass is 33.1. The number of hydrogen-bond acceptors (Lipinski definition) is 15. The van der Waals surface area contributed by atoms with Crippen LogP contribution in [0.5, 0.6) is 11.5 Å². The highest BCUT2D eigenvalue weighted by Crippen LogP contribution is 2.55. The number of nitrogen functional groups attached to an aromatic ring is 2. The average molecular weight is 865 g/mol. The Hall–Kier alpha value is -4.87. The van der Waals surface area contributed by atoms with E-state index in [1.54, 1.807) is 34.6 Å². The van der Waals surface area contributed by atoms with E-state index in [0.29, 0.717) is 91.8 Å². The largest absolute Gasteiger partial charge is 0.507 e. The minimum Gasteiger partial charge on any atom is -0.507 e. The molecule has 7 N–H and O–H groups in total. The summed E-state index contributed by atoms with van der Waals surface area (Å²) in [7, 11) is 5.24. The summed E-state index contributed by atoms with van der Waals surface area (Å²) in [6, 6.07) is 9.14. The zero-order chi connectivity index (χ0) is 42.2. The zero-order valence-corrected chi connectivity index (χ0v) is 36.0. The van der Waals surface area contributed by atoms with E-state index >= 15 is 0 Å². The molecule has 4 aromatic rings. The number of benzene rings is 1. The molecule has 61 heavy (non-hydrogen) atoms. The SMILES string of the molecule is CNC[C@@H]1CC[C@]23O[C@@H]2CCc2cc(N)nc(c2)-c2cc(C[NH+]4C=C5N=CC=C5C4)nc(N)c2CSSCC[C@]2(C)Oc4cc5oc(C)cc(=O)c5c(O)c4[C@H](C1)[C@H]2OC3=O. The van der Waals surface area contributed by atoms with Gasteiger partial charge in [-0.1, -0.05) is 21.6 Å². The Morgan fingerprint density at radius 1 is 1.08 bits per heavy atom. The van der Waals surface area contributed by atoms with Gasteiger partial charge in [0.1, 0.15) is 76.6 Å². The molecular formula is C45H50N7O7S2+. The Morgan fingerprint density at radius 3 is 2.79 bits per heavy atom. The van der Waals surface area contributed by atoms with Crippen LogP contribution >= 0.6 is 21.6 Å². The number of aliphatic imine (C=N–C) groups is 1. The van der Waals surface area contributed by atoms with Gasteiger partial charge in [-0.2, -0.15) is 0 Å². The normalized spacial score (nSPS) is 29.3. The molecule has 4 bridgehead atoms. The lowest BCUT2D eigenvalue weighted by molar-refractivity contribution is -0.852. The van der Waals surface area contributed by atoms with Gasteiger partial charge in [0.05, 0.1) is 17.5 Å². The third kappa shape index (κ3) is 7.29. The van der Waals surface area contributed by atoms with E-state index in [4.69, 9.17) is 40.1 Å². The van der Waals surface area contributed by atoms with Crippen molar-refractivity contribution in [2.24, 2.45) is 10.9 Å². The number of nitrogens with zero attached hydrogens (tertiary/aromatic N) is 3. The van der Waals surface area contributed by atoms with E-state index in [1.807, 2.05) is 26.3 Å². The summed E-state index contributed by atoms with van der Waals surface area (Å²) in [6.07, 6.45) is 8.28. The van der Waals surface area contributed by atoms with Crippen molar-refractivity contribution >= 4 is 56.4 Å². The molecule has 14 nitrogen and oxygen atoms in total. The summed E-state index contributed by atoms with van der Waals surface area (Å²) in [5, 5.41) is 15.4. The predicted molar refractivity (Wildman–Crippen MR) is 237 cm³/mol. The number of nitrogens with one attached hydrogen (secondary N) is 2. The Balaban J connectivity index is 1.03. The second kappa shape index (κ2) is 15.5. The number of hydrogen-bond donors (Lipinski definition) is 5. The van der Waals surface area contributed by atoms with Gasteiger partial charge in [0.15, 0.2) is 11.0 Å². The molecule has 0 amide bonds. The maximum Gasteiger partial charge on any atom is 0.341 e. The van der Waals surface area contributed by atoms with Crippen LogP contribution in [-0.4, -0.2) is 76.6 Å². The van der Waals surface area contributed by atoms with Gasteiger partial charge in [-0.3, -0.25) is 14.7 Å². The topological polar surface area (TPSA) is 205 Å². The van der Waals surface area contributed by atoms with Crippen LogP contribution in [0.3, 0.4) is 0 Å². The van der Waals surface area contributed by atoms with Gasteiger partial charge in [0, 0.05) is 64.5 Å². The Morgan fingerprint density at radius 2 is 1.95 bits per heavy atom. The number of quaternary nitrogens is 1.